The number of nitrogens with one attached hydrogen (secondary N) is 1. The normalized spacial score (nSPS) is 21.7. The van der Waals surface area contributed by atoms with Crippen LogP contribution >= 0.6 is 0 Å². The number of likely N-dealkylation sites (N-methyl/N-ethyl adjacent to an activating group) is 1. The lowest BCUT2D eigenvalue weighted by Gasteiger charge is -2.36. The van der Waals surface area contributed by atoms with E-state index in [2.05, 4.69) is 4.72 Å². The Labute approximate surface area is 85.8 Å². The van der Waals surface area contributed by atoms with Crippen molar-refractivity contribution in [2.24, 2.45) is 5.73 Å². The Kier molecular flexibility index (Phi) is 3.52. The molecule has 1 rings (SSSR count). The Morgan fingerprint density at radius 1 is 1.43 bits per heavy atom. The molecule has 84 valence electrons. The smallest absolute Gasteiger partial charge is 0.279 e. The van der Waals surface area contributed by atoms with E-state index in [1.807, 2.05) is 0 Å². The molecule has 0 spiro atoms. The summed E-state index contributed by atoms with van der Waals surface area (Å²) in [6.45, 7) is 0.393. The lowest BCUT2D eigenvalue weighted by atomic mass is 9.98. The number of hydrogen-bond acceptors (Lipinski definition) is 3. The highest BCUT2D eigenvalue weighted by Gasteiger charge is 2.41. The summed E-state index contributed by atoms with van der Waals surface area (Å²) in [6, 6.07) is 0. The van der Waals surface area contributed by atoms with Crippen molar-refractivity contribution in [1.29, 1.82) is 0 Å². The molecular formula is C8H19N3O2S. The molecule has 0 heterocycles. The molecule has 1 fully saturated rings. The van der Waals surface area contributed by atoms with Crippen LogP contribution in [0.5, 0.6) is 0 Å². The van der Waals surface area contributed by atoms with Gasteiger partial charge in [-0.1, -0.05) is 12.8 Å². The van der Waals surface area contributed by atoms with Crippen molar-refractivity contribution in [3.63, 3.8) is 0 Å². The van der Waals surface area contributed by atoms with Gasteiger partial charge < -0.3 is 5.73 Å². The molecule has 1 aliphatic rings. The Hall–Kier alpha value is -0.170. The topological polar surface area (TPSA) is 75.4 Å². The van der Waals surface area contributed by atoms with Gasteiger partial charge in [-0.2, -0.15) is 12.7 Å². The number of nitrogens with zero attached hydrogens (tertiary/aromatic N) is 1. The van der Waals surface area contributed by atoms with Crippen LogP contribution in [0.2, 0.25) is 0 Å². The molecular weight excluding hydrogens is 202 g/mol. The fourth-order valence-corrected chi connectivity index (χ4v) is 3.11. The molecule has 0 amide bonds. The molecule has 0 radical (unpaired) electrons. The van der Waals surface area contributed by atoms with E-state index in [0.29, 0.717) is 6.54 Å². The van der Waals surface area contributed by atoms with Crippen LogP contribution in [0.25, 0.3) is 0 Å². The van der Waals surface area contributed by atoms with Crippen LogP contribution < -0.4 is 10.5 Å². The second-order valence-corrected chi connectivity index (χ2v) is 5.72. The molecule has 14 heavy (non-hydrogen) atoms. The van der Waals surface area contributed by atoms with Gasteiger partial charge in [-0.15, -0.1) is 0 Å². The van der Waals surface area contributed by atoms with Crippen molar-refractivity contribution in [2.75, 3.05) is 20.6 Å². The van der Waals surface area contributed by atoms with Crippen molar-refractivity contribution in [3.8, 4) is 0 Å². The second-order valence-electron chi connectivity index (χ2n) is 3.81. The Morgan fingerprint density at radius 2 is 1.93 bits per heavy atom. The Balaban J connectivity index is 2.90. The zero-order chi connectivity index (χ0) is 10.8. The Bertz CT molecular complexity index is 283. The van der Waals surface area contributed by atoms with Crippen molar-refractivity contribution in [3.05, 3.63) is 0 Å². The highest BCUT2D eigenvalue weighted by Crippen LogP contribution is 2.34. The van der Waals surface area contributed by atoms with Crippen LogP contribution in [-0.4, -0.2) is 38.9 Å². The SMILES string of the molecule is CNS(=O)(=O)N(C)C1(CN)CCCC1. The molecule has 0 bridgehead atoms. The van der Waals surface area contributed by atoms with Gasteiger partial charge in [0.25, 0.3) is 10.2 Å². The van der Waals surface area contributed by atoms with Crippen molar-refractivity contribution >= 4 is 10.2 Å². The second kappa shape index (κ2) is 4.14. The monoisotopic (exact) mass is 221 g/mol. The Morgan fingerprint density at radius 3 is 2.29 bits per heavy atom. The summed E-state index contributed by atoms with van der Waals surface area (Å²) in [5, 5.41) is 0. The molecule has 3 N–H and O–H groups in total. The summed E-state index contributed by atoms with van der Waals surface area (Å²) in [5.41, 5.74) is 5.33. The first-order chi connectivity index (χ1) is 6.48. The highest BCUT2D eigenvalue weighted by atomic mass is 32.2. The summed E-state index contributed by atoms with van der Waals surface area (Å²) in [5.74, 6) is 0. The molecule has 0 aromatic rings. The molecule has 0 atom stereocenters. The van der Waals surface area contributed by atoms with E-state index in [1.165, 1.54) is 11.4 Å². The third-order valence-electron chi connectivity index (χ3n) is 3.20. The minimum absolute atomic E-state index is 0.359. The van der Waals surface area contributed by atoms with E-state index in [4.69, 9.17) is 5.73 Å². The van der Waals surface area contributed by atoms with Crippen LogP contribution in [0.4, 0.5) is 0 Å². The fraction of sp³-hybridized carbons (Fsp3) is 1.00. The molecule has 0 aromatic carbocycles. The quantitative estimate of drug-likeness (QED) is 0.681. The van der Waals surface area contributed by atoms with Crippen LogP contribution in [0.1, 0.15) is 25.7 Å². The average Bonchev–Trinajstić information content (AvgIpc) is 2.66. The first-order valence-electron chi connectivity index (χ1n) is 4.86. The predicted octanol–water partition coefficient (Wildman–Crippen LogP) is -0.346. The molecule has 0 aromatic heterocycles. The van der Waals surface area contributed by atoms with Crippen LogP contribution in [0.3, 0.4) is 0 Å². The maximum absolute atomic E-state index is 11.6. The van der Waals surface area contributed by atoms with Gasteiger partial charge in [-0.3, -0.25) is 0 Å². The number of nitrogens with two attached hydrogens (primary N) is 1. The highest BCUT2D eigenvalue weighted by molar-refractivity contribution is 7.87. The zero-order valence-corrected chi connectivity index (χ0v) is 9.60. The van der Waals surface area contributed by atoms with E-state index in [1.54, 1.807) is 7.05 Å². The minimum Gasteiger partial charge on any atom is -0.329 e. The first kappa shape index (κ1) is 11.9. The molecule has 0 unspecified atom stereocenters. The van der Waals surface area contributed by atoms with Crippen molar-refractivity contribution < 1.29 is 8.42 Å². The fourth-order valence-electron chi connectivity index (χ4n) is 2.07. The van der Waals surface area contributed by atoms with Gasteiger partial charge in [0.05, 0.1) is 0 Å². The largest absolute Gasteiger partial charge is 0.329 e. The van der Waals surface area contributed by atoms with Gasteiger partial charge >= 0.3 is 0 Å². The first-order valence-corrected chi connectivity index (χ1v) is 6.30. The van der Waals surface area contributed by atoms with Gasteiger partial charge in [0, 0.05) is 26.2 Å². The standard InChI is InChI=1S/C8H19N3O2S/c1-10-14(12,13)11(2)8(7-9)5-3-4-6-8/h10H,3-7,9H2,1-2H3. The maximum Gasteiger partial charge on any atom is 0.279 e. The number of hydrogen-bond donors (Lipinski definition) is 2. The van der Waals surface area contributed by atoms with Gasteiger partial charge in [-0.05, 0) is 12.8 Å². The van der Waals surface area contributed by atoms with Crippen LogP contribution in [0.15, 0.2) is 0 Å². The predicted molar refractivity (Wildman–Crippen MR) is 56.0 cm³/mol. The summed E-state index contributed by atoms with van der Waals surface area (Å²) in [6.07, 6.45) is 3.84. The third-order valence-corrected chi connectivity index (χ3v) is 4.82. The van der Waals surface area contributed by atoms with Crippen LogP contribution in [0, 0.1) is 0 Å². The van der Waals surface area contributed by atoms with Gasteiger partial charge in [0.15, 0.2) is 0 Å². The number of rotatable bonds is 4. The van der Waals surface area contributed by atoms with Crippen molar-refractivity contribution in [2.45, 2.75) is 31.2 Å². The van der Waals surface area contributed by atoms with Gasteiger partial charge in [0.2, 0.25) is 0 Å². The summed E-state index contributed by atoms with van der Waals surface area (Å²) in [4.78, 5) is 0. The summed E-state index contributed by atoms with van der Waals surface area (Å²) < 4.78 is 26.9. The average molecular weight is 221 g/mol. The maximum atomic E-state index is 11.6. The van der Waals surface area contributed by atoms with E-state index >= 15 is 0 Å². The van der Waals surface area contributed by atoms with E-state index in [9.17, 15) is 8.42 Å². The van der Waals surface area contributed by atoms with E-state index in [0.717, 1.165) is 25.7 Å². The van der Waals surface area contributed by atoms with Gasteiger partial charge in [-0.25, -0.2) is 4.72 Å². The molecule has 1 saturated carbocycles. The zero-order valence-electron chi connectivity index (χ0n) is 8.78. The van der Waals surface area contributed by atoms with E-state index in [-0.39, 0.29) is 5.54 Å². The van der Waals surface area contributed by atoms with Gasteiger partial charge in [0.1, 0.15) is 0 Å². The summed E-state index contributed by atoms with van der Waals surface area (Å²) in [7, 11) is -0.326. The third kappa shape index (κ3) is 1.93. The summed E-state index contributed by atoms with van der Waals surface area (Å²) >= 11 is 0. The van der Waals surface area contributed by atoms with E-state index < -0.39 is 10.2 Å². The van der Waals surface area contributed by atoms with Crippen LogP contribution in [-0.2, 0) is 10.2 Å². The van der Waals surface area contributed by atoms with Crippen molar-refractivity contribution in [1.82, 2.24) is 9.03 Å². The lowest BCUT2D eigenvalue weighted by molar-refractivity contribution is 0.228. The molecule has 1 aliphatic carbocycles. The molecule has 0 aliphatic heterocycles. The molecule has 5 nitrogen and oxygen atoms in total. The molecule has 6 heteroatoms. The lowest BCUT2D eigenvalue weighted by Crippen LogP contribution is -2.55. The minimum atomic E-state index is -3.35. The molecule has 0 saturated heterocycles.